The molecule has 2 rings (SSSR count). The van der Waals surface area contributed by atoms with Crippen molar-refractivity contribution in [3.63, 3.8) is 0 Å². The smallest absolute Gasteiger partial charge is 0.224 e. The van der Waals surface area contributed by atoms with Crippen LogP contribution in [0.2, 0.25) is 0 Å². The molecule has 1 fully saturated rings. The second kappa shape index (κ2) is 3.90. The fraction of sp³-hybridized carbons (Fsp3) is 0.636. The van der Waals surface area contributed by atoms with Crippen LogP contribution in [-0.4, -0.2) is 28.6 Å². The molecule has 0 bridgehead atoms. The molecule has 0 saturated carbocycles. The van der Waals surface area contributed by atoms with Crippen LogP contribution in [0.3, 0.4) is 0 Å². The highest BCUT2D eigenvalue weighted by Gasteiger charge is 2.33. The lowest BCUT2D eigenvalue weighted by atomic mass is 10.1. The average Bonchev–Trinajstić information content (AvgIpc) is 2.70. The van der Waals surface area contributed by atoms with Crippen molar-refractivity contribution in [2.45, 2.75) is 39.3 Å². The molecular weight excluding hydrogens is 206 g/mol. The van der Waals surface area contributed by atoms with Gasteiger partial charge in [-0.25, -0.2) is 0 Å². The molecule has 0 aliphatic carbocycles. The Morgan fingerprint density at radius 1 is 1.56 bits per heavy atom. The molecule has 1 aromatic heterocycles. The Balaban J connectivity index is 2.26. The standard InChI is InChI=1S/C11H17N3O2/c1-6-11(8(3)16-13-6)7(2)14-5-9(12)4-10(14)15/h7,9H,4-5,12H2,1-3H3. The van der Waals surface area contributed by atoms with Crippen LogP contribution in [0.5, 0.6) is 0 Å². The van der Waals surface area contributed by atoms with Crippen molar-refractivity contribution in [1.29, 1.82) is 0 Å². The number of rotatable bonds is 2. The topological polar surface area (TPSA) is 72.4 Å². The zero-order chi connectivity index (χ0) is 11.9. The summed E-state index contributed by atoms with van der Waals surface area (Å²) >= 11 is 0. The summed E-state index contributed by atoms with van der Waals surface area (Å²) in [5.74, 6) is 0.887. The molecule has 0 aromatic carbocycles. The molecule has 0 spiro atoms. The first-order valence-corrected chi connectivity index (χ1v) is 5.48. The lowest BCUT2D eigenvalue weighted by Gasteiger charge is -2.24. The third kappa shape index (κ3) is 1.71. The van der Waals surface area contributed by atoms with Crippen molar-refractivity contribution in [3.8, 4) is 0 Å². The van der Waals surface area contributed by atoms with E-state index < -0.39 is 0 Å². The molecule has 5 heteroatoms. The summed E-state index contributed by atoms with van der Waals surface area (Å²) in [6, 6.07) is -0.0530. The number of hydrogen-bond acceptors (Lipinski definition) is 4. The summed E-state index contributed by atoms with van der Waals surface area (Å²) in [4.78, 5) is 13.5. The third-order valence-electron chi connectivity index (χ3n) is 3.16. The van der Waals surface area contributed by atoms with Gasteiger partial charge in [0.25, 0.3) is 0 Å². The Labute approximate surface area is 94.6 Å². The van der Waals surface area contributed by atoms with Crippen LogP contribution in [0.4, 0.5) is 0 Å². The quantitative estimate of drug-likeness (QED) is 0.809. The molecule has 1 aliphatic rings. The van der Waals surface area contributed by atoms with Crippen molar-refractivity contribution in [1.82, 2.24) is 10.1 Å². The number of likely N-dealkylation sites (tertiary alicyclic amines) is 1. The fourth-order valence-corrected chi connectivity index (χ4v) is 2.38. The van der Waals surface area contributed by atoms with E-state index in [-0.39, 0.29) is 18.0 Å². The molecule has 2 unspecified atom stereocenters. The number of aryl methyl sites for hydroxylation is 2. The normalized spacial score (nSPS) is 22.9. The predicted octanol–water partition coefficient (Wildman–Crippen LogP) is 0.912. The highest BCUT2D eigenvalue weighted by molar-refractivity contribution is 5.79. The number of aromatic nitrogens is 1. The molecule has 88 valence electrons. The van der Waals surface area contributed by atoms with Crippen molar-refractivity contribution < 1.29 is 9.32 Å². The molecule has 2 N–H and O–H groups in total. The Bertz CT molecular complexity index is 394. The van der Waals surface area contributed by atoms with Gasteiger partial charge in [-0.3, -0.25) is 4.79 Å². The van der Waals surface area contributed by atoms with Crippen LogP contribution >= 0.6 is 0 Å². The zero-order valence-electron chi connectivity index (χ0n) is 9.86. The van der Waals surface area contributed by atoms with Gasteiger partial charge in [0.2, 0.25) is 5.91 Å². The summed E-state index contributed by atoms with van der Waals surface area (Å²) in [5.41, 5.74) is 7.63. The monoisotopic (exact) mass is 223 g/mol. The fourth-order valence-electron chi connectivity index (χ4n) is 2.38. The van der Waals surface area contributed by atoms with E-state index in [0.29, 0.717) is 13.0 Å². The van der Waals surface area contributed by atoms with Gasteiger partial charge in [0.15, 0.2) is 0 Å². The molecule has 16 heavy (non-hydrogen) atoms. The predicted molar refractivity (Wildman–Crippen MR) is 58.7 cm³/mol. The van der Waals surface area contributed by atoms with Crippen LogP contribution in [0.1, 0.15) is 36.4 Å². The van der Waals surface area contributed by atoms with E-state index in [4.69, 9.17) is 10.3 Å². The highest BCUT2D eigenvalue weighted by Crippen LogP contribution is 2.29. The maximum absolute atomic E-state index is 11.7. The molecule has 2 atom stereocenters. The number of amides is 1. The van der Waals surface area contributed by atoms with Crippen LogP contribution < -0.4 is 5.73 Å². The summed E-state index contributed by atoms with van der Waals surface area (Å²) in [6.45, 7) is 6.36. The van der Waals surface area contributed by atoms with E-state index in [2.05, 4.69) is 5.16 Å². The van der Waals surface area contributed by atoms with E-state index in [1.54, 1.807) is 4.90 Å². The van der Waals surface area contributed by atoms with Crippen LogP contribution in [0, 0.1) is 13.8 Å². The second-order valence-corrected chi connectivity index (χ2v) is 4.42. The van der Waals surface area contributed by atoms with Crippen LogP contribution in [-0.2, 0) is 4.79 Å². The summed E-state index contributed by atoms with van der Waals surface area (Å²) in [7, 11) is 0. The van der Waals surface area contributed by atoms with E-state index in [1.807, 2.05) is 20.8 Å². The molecular formula is C11H17N3O2. The minimum absolute atomic E-state index is 0.00713. The van der Waals surface area contributed by atoms with Gasteiger partial charge in [-0.15, -0.1) is 0 Å². The first kappa shape index (κ1) is 11.1. The van der Waals surface area contributed by atoms with E-state index >= 15 is 0 Å². The number of carbonyl (C=O) groups excluding carboxylic acids is 1. The van der Waals surface area contributed by atoms with Crippen LogP contribution in [0.15, 0.2) is 4.52 Å². The van der Waals surface area contributed by atoms with Gasteiger partial charge >= 0.3 is 0 Å². The number of nitrogens with two attached hydrogens (primary N) is 1. The Morgan fingerprint density at radius 3 is 2.69 bits per heavy atom. The maximum atomic E-state index is 11.7. The molecule has 1 aromatic rings. The Kier molecular flexibility index (Phi) is 2.71. The molecule has 1 aliphatic heterocycles. The molecule has 2 heterocycles. The summed E-state index contributed by atoms with van der Waals surface area (Å²) < 4.78 is 5.12. The number of nitrogens with zero attached hydrogens (tertiary/aromatic N) is 2. The van der Waals surface area contributed by atoms with E-state index in [9.17, 15) is 4.79 Å². The van der Waals surface area contributed by atoms with Gasteiger partial charge in [-0.05, 0) is 20.8 Å². The number of carbonyl (C=O) groups is 1. The van der Waals surface area contributed by atoms with Crippen molar-refractivity contribution in [2.24, 2.45) is 5.73 Å². The first-order chi connectivity index (χ1) is 7.50. The third-order valence-corrected chi connectivity index (χ3v) is 3.16. The van der Waals surface area contributed by atoms with Gasteiger partial charge in [0.05, 0.1) is 11.7 Å². The minimum Gasteiger partial charge on any atom is -0.361 e. The van der Waals surface area contributed by atoms with E-state index in [1.165, 1.54) is 0 Å². The zero-order valence-corrected chi connectivity index (χ0v) is 9.86. The second-order valence-electron chi connectivity index (χ2n) is 4.42. The lowest BCUT2D eigenvalue weighted by molar-refractivity contribution is -0.129. The SMILES string of the molecule is Cc1noc(C)c1C(C)N1CC(N)CC1=O. The molecule has 1 saturated heterocycles. The van der Waals surface area contributed by atoms with Gasteiger partial charge in [-0.1, -0.05) is 5.16 Å². The van der Waals surface area contributed by atoms with Gasteiger partial charge < -0.3 is 15.2 Å². The van der Waals surface area contributed by atoms with Crippen molar-refractivity contribution in [2.75, 3.05) is 6.54 Å². The van der Waals surface area contributed by atoms with Crippen LogP contribution in [0.25, 0.3) is 0 Å². The van der Waals surface area contributed by atoms with Crippen molar-refractivity contribution in [3.05, 3.63) is 17.0 Å². The minimum atomic E-state index is -0.0459. The maximum Gasteiger partial charge on any atom is 0.224 e. The average molecular weight is 223 g/mol. The highest BCUT2D eigenvalue weighted by atomic mass is 16.5. The lowest BCUT2D eigenvalue weighted by Crippen LogP contribution is -2.31. The first-order valence-electron chi connectivity index (χ1n) is 5.48. The summed E-state index contributed by atoms with van der Waals surface area (Å²) in [5, 5.41) is 3.91. The molecule has 5 nitrogen and oxygen atoms in total. The van der Waals surface area contributed by atoms with Crippen molar-refractivity contribution >= 4 is 5.91 Å². The Morgan fingerprint density at radius 2 is 2.25 bits per heavy atom. The van der Waals surface area contributed by atoms with E-state index in [0.717, 1.165) is 17.0 Å². The van der Waals surface area contributed by atoms with Gasteiger partial charge in [0.1, 0.15) is 5.76 Å². The largest absolute Gasteiger partial charge is 0.361 e. The van der Waals surface area contributed by atoms with Gasteiger partial charge in [-0.2, -0.15) is 0 Å². The van der Waals surface area contributed by atoms with Gasteiger partial charge in [0, 0.05) is 24.6 Å². The Hall–Kier alpha value is -1.36. The molecule has 0 radical (unpaired) electrons. The molecule has 1 amide bonds. The number of hydrogen-bond donors (Lipinski definition) is 1. The summed E-state index contributed by atoms with van der Waals surface area (Å²) in [6.07, 6.45) is 0.438.